The monoisotopic (exact) mass is 276 g/mol. The molecule has 4 nitrogen and oxygen atoms in total. The van der Waals surface area contributed by atoms with E-state index in [1.165, 1.54) is 0 Å². The zero-order valence-electron chi connectivity index (χ0n) is 11.6. The van der Waals surface area contributed by atoms with E-state index >= 15 is 0 Å². The second-order valence-electron chi connectivity index (χ2n) is 4.61. The maximum Gasteiger partial charge on any atom is 0.199 e. The highest BCUT2D eigenvalue weighted by molar-refractivity contribution is 7.71. The molecule has 0 aliphatic carbocycles. The van der Waals surface area contributed by atoms with E-state index in [4.69, 9.17) is 12.2 Å². The van der Waals surface area contributed by atoms with Crippen molar-refractivity contribution in [3.8, 4) is 5.69 Å². The molecule has 1 aromatic heterocycles. The topological polar surface area (TPSA) is 45.6 Å². The van der Waals surface area contributed by atoms with Crippen molar-refractivity contribution >= 4 is 17.9 Å². The predicted molar refractivity (Wildman–Crippen MR) is 81.6 cm³/mol. The fraction of sp³-hybridized carbons (Fsp3) is 0.429. The van der Waals surface area contributed by atoms with Crippen molar-refractivity contribution < 1.29 is 0 Å². The molecule has 1 heterocycles. The summed E-state index contributed by atoms with van der Waals surface area (Å²) in [4.78, 5) is 0. The van der Waals surface area contributed by atoms with Crippen LogP contribution in [0.3, 0.4) is 0 Å². The van der Waals surface area contributed by atoms with Crippen LogP contribution in [0.1, 0.15) is 38.9 Å². The average molecular weight is 276 g/mol. The summed E-state index contributed by atoms with van der Waals surface area (Å²) >= 11 is 5.34. The molecule has 0 saturated heterocycles. The molecule has 1 aromatic carbocycles. The molecule has 0 amide bonds. The largest absolute Gasteiger partial charge is 0.385 e. The fourth-order valence-corrected chi connectivity index (χ4v) is 2.25. The number of nitrogens with zero attached hydrogens (tertiary/aromatic N) is 2. The summed E-state index contributed by atoms with van der Waals surface area (Å²) in [7, 11) is 0. The van der Waals surface area contributed by atoms with Gasteiger partial charge in [-0.1, -0.05) is 13.8 Å². The maximum atomic E-state index is 5.34. The number of nitrogens with one attached hydrogen (secondary N) is 2. The second-order valence-corrected chi connectivity index (χ2v) is 5.00. The molecule has 2 aromatic rings. The summed E-state index contributed by atoms with van der Waals surface area (Å²) in [6.07, 6.45) is 1.04. The van der Waals surface area contributed by atoms with E-state index in [0.29, 0.717) is 10.7 Å². The zero-order valence-corrected chi connectivity index (χ0v) is 12.4. The van der Waals surface area contributed by atoms with E-state index < -0.39 is 0 Å². The molecular formula is C14H20N4S. The molecule has 102 valence electrons. The lowest BCUT2D eigenvalue weighted by atomic mass is 10.1. The van der Waals surface area contributed by atoms with Gasteiger partial charge in [-0.2, -0.15) is 5.10 Å². The zero-order chi connectivity index (χ0) is 13.8. The Kier molecular flexibility index (Phi) is 4.37. The van der Waals surface area contributed by atoms with Crippen LogP contribution in [0.5, 0.6) is 0 Å². The van der Waals surface area contributed by atoms with Crippen molar-refractivity contribution in [2.24, 2.45) is 0 Å². The van der Waals surface area contributed by atoms with Gasteiger partial charge in [-0.25, -0.2) is 0 Å². The van der Waals surface area contributed by atoms with E-state index in [1.807, 2.05) is 4.57 Å². The Hall–Kier alpha value is -1.62. The van der Waals surface area contributed by atoms with Gasteiger partial charge in [0.05, 0.1) is 0 Å². The van der Waals surface area contributed by atoms with Gasteiger partial charge in [0.1, 0.15) is 5.82 Å². The normalized spacial score (nSPS) is 12.4. The van der Waals surface area contributed by atoms with Gasteiger partial charge in [-0.3, -0.25) is 9.67 Å². The van der Waals surface area contributed by atoms with Gasteiger partial charge >= 0.3 is 0 Å². The Morgan fingerprint density at radius 3 is 2.58 bits per heavy atom. The van der Waals surface area contributed by atoms with Crippen LogP contribution in [-0.2, 0) is 0 Å². The number of hydrogen-bond acceptors (Lipinski definition) is 3. The van der Waals surface area contributed by atoms with Crippen LogP contribution in [0, 0.1) is 4.77 Å². The van der Waals surface area contributed by atoms with Gasteiger partial charge < -0.3 is 5.32 Å². The lowest BCUT2D eigenvalue weighted by Crippen LogP contribution is -2.05. The average Bonchev–Trinajstić information content (AvgIpc) is 2.81. The van der Waals surface area contributed by atoms with Gasteiger partial charge in [0, 0.05) is 23.8 Å². The molecule has 1 unspecified atom stereocenters. The van der Waals surface area contributed by atoms with Crippen LogP contribution in [0.2, 0.25) is 0 Å². The third-order valence-corrected chi connectivity index (χ3v) is 3.53. The molecule has 0 aliphatic rings. The number of aromatic nitrogens is 3. The molecule has 0 saturated carbocycles. The Labute approximate surface area is 118 Å². The van der Waals surface area contributed by atoms with E-state index in [9.17, 15) is 0 Å². The number of anilines is 1. The number of benzene rings is 1. The summed E-state index contributed by atoms with van der Waals surface area (Å²) in [5.41, 5.74) is 2.17. The van der Waals surface area contributed by atoms with Crippen LogP contribution in [0.4, 0.5) is 5.69 Å². The molecule has 5 heteroatoms. The van der Waals surface area contributed by atoms with Crippen LogP contribution < -0.4 is 5.32 Å². The molecular weight excluding hydrogens is 256 g/mol. The van der Waals surface area contributed by atoms with Crippen LogP contribution >= 0.6 is 12.2 Å². The van der Waals surface area contributed by atoms with Gasteiger partial charge in [0.25, 0.3) is 0 Å². The van der Waals surface area contributed by atoms with Crippen molar-refractivity contribution in [2.75, 3.05) is 11.9 Å². The maximum absolute atomic E-state index is 5.34. The molecule has 1 atom stereocenters. The minimum atomic E-state index is 0.376. The predicted octanol–water partition coefficient (Wildman–Crippen LogP) is 3.88. The summed E-state index contributed by atoms with van der Waals surface area (Å²) in [5, 5.41) is 10.5. The number of hydrogen-bond donors (Lipinski definition) is 2. The summed E-state index contributed by atoms with van der Waals surface area (Å²) < 4.78 is 2.66. The van der Waals surface area contributed by atoms with E-state index in [-0.39, 0.29) is 0 Å². The van der Waals surface area contributed by atoms with Gasteiger partial charge in [-0.15, -0.1) is 0 Å². The molecule has 0 radical (unpaired) electrons. The first-order valence-electron chi connectivity index (χ1n) is 6.69. The van der Waals surface area contributed by atoms with E-state index in [0.717, 1.165) is 30.2 Å². The number of rotatable bonds is 5. The van der Waals surface area contributed by atoms with Gasteiger partial charge in [0.15, 0.2) is 4.77 Å². The van der Waals surface area contributed by atoms with Crippen LogP contribution in [0.25, 0.3) is 5.69 Å². The quantitative estimate of drug-likeness (QED) is 0.815. The first-order chi connectivity index (χ1) is 9.17. The molecule has 0 spiro atoms. The number of H-pyrrole nitrogens is 1. The highest BCUT2D eigenvalue weighted by Crippen LogP contribution is 2.21. The standard InChI is InChI=1S/C14H20N4S/c1-4-10(3)13-16-17-14(19)18(13)12-8-6-11(7-9-12)15-5-2/h6-10,15H,4-5H2,1-3H3,(H,17,19). The summed E-state index contributed by atoms with van der Waals surface area (Å²) in [5.74, 6) is 1.37. The molecule has 2 N–H and O–H groups in total. The van der Waals surface area contributed by atoms with Gasteiger partial charge in [0.2, 0.25) is 0 Å². The molecule has 19 heavy (non-hydrogen) atoms. The van der Waals surface area contributed by atoms with E-state index in [2.05, 4.69) is 60.6 Å². The summed E-state index contributed by atoms with van der Waals surface area (Å²) in [6, 6.07) is 8.26. The first kappa shape index (κ1) is 13.8. The van der Waals surface area contributed by atoms with Crippen molar-refractivity contribution in [1.82, 2.24) is 14.8 Å². The van der Waals surface area contributed by atoms with Crippen molar-refractivity contribution in [3.05, 3.63) is 34.9 Å². The molecule has 0 aliphatic heterocycles. The lowest BCUT2D eigenvalue weighted by Gasteiger charge is -2.12. The Bertz CT molecular complexity index is 582. The van der Waals surface area contributed by atoms with Gasteiger partial charge in [-0.05, 0) is 49.8 Å². The third-order valence-electron chi connectivity index (χ3n) is 3.26. The molecule has 0 bridgehead atoms. The molecule has 2 rings (SSSR count). The Morgan fingerprint density at radius 1 is 1.32 bits per heavy atom. The third kappa shape index (κ3) is 2.87. The van der Waals surface area contributed by atoms with Crippen molar-refractivity contribution in [3.63, 3.8) is 0 Å². The SMILES string of the molecule is CCNc1ccc(-n2c(C(C)CC)n[nH]c2=S)cc1. The smallest absolute Gasteiger partial charge is 0.199 e. The highest BCUT2D eigenvalue weighted by atomic mass is 32.1. The lowest BCUT2D eigenvalue weighted by molar-refractivity contribution is 0.660. The highest BCUT2D eigenvalue weighted by Gasteiger charge is 2.13. The fourth-order valence-electron chi connectivity index (χ4n) is 2.00. The summed E-state index contributed by atoms with van der Waals surface area (Å²) in [6.45, 7) is 7.32. The minimum Gasteiger partial charge on any atom is -0.385 e. The van der Waals surface area contributed by atoms with Crippen LogP contribution in [0.15, 0.2) is 24.3 Å². The number of aromatic amines is 1. The minimum absolute atomic E-state index is 0.376. The Balaban J connectivity index is 2.41. The van der Waals surface area contributed by atoms with Crippen molar-refractivity contribution in [1.29, 1.82) is 0 Å². The second kappa shape index (κ2) is 6.02. The van der Waals surface area contributed by atoms with E-state index in [1.54, 1.807) is 0 Å². The Morgan fingerprint density at radius 2 is 2.00 bits per heavy atom. The molecule has 0 fully saturated rings. The first-order valence-corrected chi connectivity index (χ1v) is 7.09. The van der Waals surface area contributed by atoms with Crippen molar-refractivity contribution in [2.45, 2.75) is 33.1 Å². The van der Waals surface area contributed by atoms with Crippen LogP contribution in [-0.4, -0.2) is 21.3 Å².